The Kier molecular flexibility index (Phi) is 6.23. The van der Waals surface area contributed by atoms with Crippen LogP contribution in [0.25, 0.3) is 0 Å². The van der Waals surface area contributed by atoms with Gasteiger partial charge in [-0.3, -0.25) is 9.69 Å². The molecule has 3 rings (SSSR count). The van der Waals surface area contributed by atoms with E-state index < -0.39 is 0 Å². The summed E-state index contributed by atoms with van der Waals surface area (Å²) in [5.41, 5.74) is 2.27. The first-order valence-electron chi connectivity index (χ1n) is 9.04. The number of piperazine rings is 1. The Labute approximate surface area is 154 Å². The lowest BCUT2D eigenvalue weighted by Crippen LogP contribution is -2.49. The normalized spacial score (nSPS) is 15.1. The maximum absolute atomic E-state index is 13.1. The van der Waals surface area contributed by atoms with Gasteiger partial charge in [0.2, 0.25) is 5.91 Å². The average molecular weight is 356 g/mol. The monoisotopic (exact) mass is 356 g/mol. The minimum Gasteiger partial charge on any atom is -0.492 e. The molecule has 0 atom stereocenters. The van der Waals surface area contributed by atoms with E-state index in [2.05, 4.69) is 4.90 Å². The highest BCUT2D eigenvalue weighted by atomic mass is 19.1. The fraction of sp³-hybridized carbons (Fsp3) is 0.381. The van der Waals surface area contributed by atoms with Crippen molar-refractivity contribution in [2.45, 2.75) is 13.3 Å². The molecule has 0 aliphatic carbocycles. The van der Waals surface area contributed by atoms with Gasteiger partial charge in [0.15, 0.2) is 0 Å². The van der Waals surface area contributed by atoms with Gasteiger partial charge in [0.1, 0.15) is 18.2 Å². The number of ether oxygens (including phenoxy) is 1. The molecular weight excluding hydrogens is 331 g/mol. The Morgan fingerprint density at radius 3 is 2.50 bits per heavy atom. The molecule has 0 unspecified atom stereocenters. The standard InChI is InChI=1S/C21H25FN2O2/c1-17-5-7-18(8-6-17)15-21(25)24-11-9-23(10-12-24)13-14-26-20-4-2-3-19(22)16-20/h2-8,16H,9-15H2,1H3. The molecule has 0 aromatic heterocycles. The van der Waals surface area contributed by atoms with E-state index >= 15 is 0 Å². The molecule has 2 aromatic rings. The fourth-order valence-electron chi connectivity index (χ4n) is 3.06. The lowest BCUT2D eigenvalue weighted by molar-refractivity contribution is -0.132. The third kappa shape index (κ3) is 5.30. The molecule has 1 saturated heterocycles. The molecule has 1 heterocycles. The molecule has 0 bridgehead atoms. The van der Waals surface area contributed by atoms with Crippen molar-refractivity contribution < 1.29 is 13.9 Å². The third-order valence-electron chi connectivity index (χ3n) is 4.67. The number of nitrogens with zero attached hydrogens (tertiary/aromatic N) is 2. The number of carbonyl (C=O) groups is 1. The number of rotatable bonds is 6. The van der Waals surface area contributed by atoms with Crippen molar-refractivity contribution in [2.75, 3.05) is 39.3 Å². The lowest BCUT2D eigenvalue weighted by Gasteiger charge is -2.34. The molecule has 2 aromatic carbocycles. The van der Waals surface area contributed by atoms with Gasteiger partial charge in [-0.2, -0.15) is 0 Å². The van der Waals surface area contributed by atoms with Crippen LogP contribution in [0.1, 0.15) is 11.1 Å². The summed E-state index contributed by atoms with van der Waals surface area (Å²) in [6.45, 7) is 6.49. The quantitative estimate of drug-likeness (QED) is 0.798. The topological polar surface area (TPSA) is 32.8 Å². The summed E-state index contributed by atoms with van der Waals surface area (Å²) in [7, 11) is 0. The SMILES string of the molecule is Cc1ccc(CC(=O)N2CCN(CCOc3cccc(F)c3)CC2)cc1. The summed E-state index contributed by atoms with van der Waals surface area (Å²) >= 11 is 0. The first-order chi connectivity index (χ1) is 12.6. The number of aryl methyl sites for hydroxylation is 1. The van der Waals surface area contributed by atoms with Crippen molar-refractivity contribution in [1.29, 1.82) is 0 Å². The van der Waals surface area contributed by atoms with Crippen molar-refractivity contribution in [1.82, 2.24) is 9.80 Å². The van der Waals surface area contributed by atoms with Crippen LogP contribution < -0.4 is 4.74 Å². The van der Waals surface area contributed by atoms with Crippen LogP contribution in [0.15, 0.2) is 48.5 Å². The zero-order valence-electron chi connectivity index (χ0n) is 15.2. The fourth-order valence-corrected chi connectivity index (χ4v) is 3.06. The second kappa shape index (κ2) is 8.81. The number of amides is 1. The first kappa shape index (κ1) is 18.4. The van der Waals surface area contributed by atoms with E-state index in [0.717, 1.165) is 38.3 Å². The van der Waals surface area contributed by atoms with Crippen LogP contribution in [0.2, 0.25) is 0 Å². The van der Waals surface area contributed by atoms with Gasteiger partial charge < -0.3 is 9.64 Å². The number of benzene rings is 2. The van der Waals surface area contributed by atoms with Crippen LogP contribution in [0.4, 0.5) is 4.39 Å². The second-order valence-corrected chi connectivity index (χ2v) is 6.69. The molecule has 26 heavy (non-hydrogen) atoms. The predicted octanol–water partition coefficient (Wildman–Crippen LogP) is 2.90. The molecule has 0 radical (unpaired) electrons. The smallest absolute Gasteiger partial charge is 0.227 e. The largest absolute Gasteiger partial charge is 0.492 e. The summed E-state index contributed by atoms with van der Waals surface area (Å²) in [4.78, 5) is 16.6. The Balaban J connectivity index is 1.38. The van der Waals surface area contributed by atoms with E-state index in [0.29, 0.717) is 18.8 Å². The highest BCUT2D eigenvalue weighted by Crippen LogP contribution is 2.12. The minimum absolute atomic E-state index is 0.185. The summed E-state index contributed by atoms with van der Waals surface area (Å²) in [6.07, 6.45) is 0.461. The molecule has 1 aliphatic rings. The lowest BCUT2D eigenvalue weighted by atomic mass is 10.1. The number of hydrogen-bond donors (Lipinski definition) is 0. The summed E-state index contributed by atoms with van der Waals surface area (Å²) in [5.74, 6) is 0.449. The molecule has 0 saturated carbocycles. The van der Waals surface area contributed by atoms with Gasteiger partial charge in [-0.15, -0.1) is 0 Å². The van der Waals surface area contributed by atoms with Crippen molar-refractivity contribution >= 4 is 5.91 Å². The van der Waals surface area contributed by atoms with E-state index in [1.165, 1.54) is 17.7 Å². The number of carbonyl (C=O) groups excluding carboxylic acids is 1. The van der Waals surface area contributed by atoms with Crippen molar-refractivity contribution in [3.63, 3.8) is 0 Å². The Hall–Kier alpha value is -2.40. The van der Waals surface area contributed by atoms with Crippen LogP contribution in [-0.4, -0.2) is 55.0 Å². The summed E-state index contributed by atoms with van der Waals surface area (Å²) in [6, 6.07) is 14.3. The highest BCUT2D eigenvalue weighted by molar-refractivity contribution is 5.78. The van der Waals surface area contributed by atoms with Crippen LogP contribution in [0.3, 0.4) is 0 Å². The Morgan fingerprint density at radius 2 is 1.81 bits per heavy atom. The van der Waals surface area contributed by atoms with Crippen LogP contribution in [0.5, 0.6) is 5.75 Å². The van der Waals surface area contributed by atoms with E-state index in [-0.39, 0.29) is 11.7 Å². The summed E-state index contributed by atoms with van der Waals surface area (Å²) < 4.78 is 18.7. The Bertz CT molecular complexity index is 725. The van der Waals surface area contributed by atoms with Crippen LogP contribution in [0, 0.1) is 12.7 Å². The average Bonchev–Trinajstić information content (AvgIpc) is 2.64. The molecule has 0 N–H and O–H groups in total. The van der Waals surface area contributed by atoms with Gasteiger partial charge in [-0.1, -0.05) is 35.9 Å². The Morgan fingerprint density at radius 1 is 1.08 bits per heavy atom. The van der Waals surface area contributed by atoms with Gasteiger partial charge in [-0.25, -0.2) is 4.39 Å². The van der Waals surface area contributed by atoms with Crippen molar-refractivity contribution in [3.8, 4) is 5.75 Å². The number of halogens is 1. The molecular formula is C21H25FN2O2. The van der Waals surface area contributed by atoms with Crippen molar-refractivity contribution in [2.24, 2.45) is 0 Å². The first-order valence-corrected chi connectivity index (χ1v) is 9.04. The van der Waals surface area contributed by atoms with Gasteiger partial charge in [0.25, 0.3) is 0 Å². The maximum Gasteiger partial charge on any atom is 0.227 e. The van der Waals surface area contributed by atoms with Gasteiger partial charge >= 0.3 is 0 Å². The molecule has 0 spiro atoms. The predicted molar refractivity (Wildman–Crippen MR) is 99.8 cm³/mol. The zero-order valence-corrected chi connectivity index (χ0v) is 15.2. The van der Waals surface area contributed by atoms with E-state index in [1.54, 1.807) is 12.1 Å². The molecule has 1 fully saturated rings. The molecule has 1 amide bonds. The van der Waals surface area contributed by atoms with E-state index in [9.17, 15) is 9.18 Å². The minimum atomic E-state index is -0.289. The molecule has 1 aliphatic heterocycles. The zero-order chi connectivity index (χ0) is 18.4. The van der Waals surface area contributed by atoms with Crippen LogP contribution in [-0.2, 0) is 11.2 Å². The van der Waals surface area contributed by atoms with E-state index in [4.69, 9.17) is 4.74 Å². The number of hydrogen-bond acceptors (Lipinski definition) is 3. The second-order valence-electron chi connectivity index (χ2n) is 6.69. The molecule has 4 nitrogen and oxygen atoms in total. The van der Waals surface area contributed by atoms with Crippen LogP contribution >= 0.6 is 0 Å². The molecule has 138 valence electrons. The summed E-state index contributed by atoms with van der Waals surface area (Å²) in [5, 5.41) is 0. The van der Waals surface area contributed by atoms with E-state index in [1.807, 2.05) is 36.1 Å². The molecule has 5 heteroatoms. The van der Waals surface area contributed by atoms with Gasteiger partial charge in [0.05, 0.1) is 6.42 Å². The van der Waals surface area contributed by atoms with Gasteiger partial charge in [0, 0.05) is 38.8 Å². The highest BCUT2D eigenvalue weighted by Gasteiger charge is 2.21. The maximum atomic E-state index is 13.1. The van der Waals surface area contributed by atoms with Crippen molar-refractivity contribution in [3.05, 3.63) is 65.5 Å². The van der Waals surface area contributed by atoms with Gasteiger partial charge in [-0.05, 0) is 24.6 Å². The third-order valence-corrected chi connectivity index (χ3v) is 4.67.